The minimum atomic E-state index is -0.176. The summed E-state index contributed by atoms with van der Waals surface area (Å²) in [7, 11) is 0. The average Bonchev–Trinajstić information content (AvgIpc) is 2.30. The maximum absolute atomic E-state index is 8.90. The van der Waals surface area contributed by atoms with Crippen molar-refractivity contribution in [3.05, 3.63) is 34.9 Å². The number of hydrogen-bond donors (Lipinski definition) is 2. The van der Waals surface area contributed by atoms with Crippen LogP contribution < -0.4 is 0 Å². The molecular formula is C12H17Cl2NO2. The molecule has 1 aromatic rings. The smallest absolute Gasteiger partial charge is 0.0712 e. The number of benzene rings is 1. The Labute approximate surface area is 112 Å². The Kier molecular flexibility index (Phi) is 6.85. The van der Waals surface area contributed by atoms with Gasteiger partial charge in [-0.05, 0) is 17.7 Å². The highest BCUT2D eigenvalue weighted by molar-refractivity contribution is 6.30. The van der Waals surface area contributed by atoms with E-state index in [0.29, 0.717) is 24.7 Å². The maximum Gasteiger partial charge on any atom is 0.0712 e. The molecule has 0 aliphatic heterocycles. The molecule has 0 amide bonds. The van der Waals surface area contributed by atoms with Gasteiger partial charge in [-0.3, -0.25) is 4.90 Å². The van der Waals surface area contributed by atoms with Crippen molar-refractivity contribution >= 4 is 23.2 Å². The monoisotopic (exact) mass is 277 g/mol. The van der Waals surface area contributed by atoms with Crippen LogP contribution in [0.4, 0.5) is 0 Å². The van der Waals surface area contributed by atoms with Crippen molar-refractivity contribution in [1.82, 2.24) is 4.90 Å². The van der Waals surface area contributed by atoms with Gasteiger partial charge in [-0.1, -0.05) is 23.7 Å². The topological polar surface area (TPSA) is 43.7 Å². The second kappa shape index (κ2) is 7.90. The molecule has 1 atom stereocenters. The van der Waals surface area contributed by atoms with Crippen LogP contribution in [0.5, 0.6) is 0 Å². The molecule has 5 heteroatoms. The number of halogens is 2. The Morgan fingerprint density at radius 1 is 1.06 bits per heavy atom. The molecule has 0 aliphatic carbocycles. The Morgan fingerprint density at radius 2 is 1.59 bits per heavy atom. The van der Waals surface area contributed by atoms with Crippen LogP contribution in [0.15, 0.2) is 24.3 Å². The Hall–Kier alpha value is -0.320. The molecular weight excluding hydrogens is 261 g/mol. The summed E-state index contributed by atoms with van der Waals surface area (Å²) in [6.07, 6.45) is 0. The predicted molar refractivity (Wildman–Crippen MR) is 70.7 cm³/mol. The summed E-state index contributed by atoms with van der Waals surface area (Å²) >= 11 is 12.1. The second-order valence-corrected chi connectivity index (χ2v) is 4.73. The van der Waals surface area contributed by atoms with E-state index in [4.69, 9.17) is 33.4 Å². The van der Waals surface area contributed by atoms with Gasteiger partial charge in [0, 0.05) is 24.7 Å². The van der Waals surface area contributed by atoms with Crippen LogP contribution in [0.2, 0.25) is 5.02 Å². The summed E-state index contributed by atoms with van der Waals surface area (Å²) in [6, 6.07) is 7.37. The molecule has 1 unspecified atom stereocenters. The molecule has 0 fully saturated rings. The fourth-order valence-electron chi connectivity index (χ4n) is 1.58. The molecule has 0 spiro atoms. The van der Waals surface area contributed by atoms with Crippen LogP contribution in [0.25, 0.3) is 0 Å². The summed E-state index contributed by atoms with van der Waals surface area (Å²) < 4.78 is 0. The third-order valence-corrected chi connectivity index (χ3v) is 3.12. The lowest BCUT2D eigenvalue weighted by molar-refractivity contribution is 0.161. The molecule has 0 heterocycles. The minimum absolute atomic E-state index is 0.0597. The Balaban J connectivity index is 2.56. The van der Waals surface area contributed by atoms with Gasteiger partial charge in [-0.2, -0.15) is 0 Å². The van der Waals surface area contributed by atoms with Crippen molar-refractivity contribution < 1.29 is 10.2 Å². The van der Waals surface area contributed by atoms with Crippen molar-refractivity contribution in [3.63, 3.8) is 0 Å². The molecule has 0 aromatic heterocycles. The molecule has 1 aromatic carbocycles. The summed E-state index contributed by atoms with van der Waals surface area (Å²) in [4.78, 5) is 1.92. The highest BCUT2D eigenvalue weighted by Gasteiger charge is 2.13. The van der Waals surface area contributed by atoms with Gasteiger partial charge in [0.2, 0.25) is 0 Å². The first-order valence-electron chi connectivity index (χ1n) is 5.51. The van der Waals surface area contributed by atoms with Gasteiger partial charge in [0.25, 0.3) is 0 Å². The van der Waals surface area contributed by atoms with Crippen molar-refractivity contribution in [3.8, 4) is 0 Å². The summed E-state index contributed by atoms with van der Waals surface area (Å²) in [5, 5.41) is 18.3. The first-order valence-corrected chi connectivity index (χ1v) is 6.32. The maximum atomic E-state index is 8.90. The van der Waals surface area contributed by atoms with E-state index in [9.17, 15) is 0 Å². The van der Waals surface area contributed by atoms with Gasteiger partial charge in [-0.25, -0.2) is 0 Å². The van der Waals surface area contributed by atoms with Crippen LogP contribution in [0.3, 0.4) is 0 Å². The fraction of sp³-hybridized carbons (Fsp3) is 0.500. The first kappa shape index (κ1) is 14.7. The molecule has 0 aliphatic rings. The summed E-state index contributed by atoms with van der Waals surface area (Å²) in [5.41, 5.74) is 0.983. The lowest BCUT2D eigenvalue weighted by Gasteiger charge is -2.23. The van der Waals surface area contributed by atoms with E-state index in [1.165, 1.54) is 0 Å². The van der Waals surface area contributed by atoms with Crippen LogP contribution in [-0.2, 0) is 0 Å². The highest BCUT2D eigenvalue weighted by Crippen LogP contribution is 2.23. The van der Waals surface area contributed by atoms with Crippen molar-refractivity contribution in [2.75, 3.05) is 32.8 Å². The molecule has 3 nitrogen and oxygen atoms in total. The van der Waals surface area contributed by atoms with Crippen LogP contribution in [0, 0.1) is 0 Å². The SMILES string of the molecule is OCCN(CCO)CC(Cl)c1ccc(Cl)cc1. The van der Waals surface area contributed by atoms with Crippen molar-refractivity contribution in [1.29, 1.82) is 0 Å². The third-order valence-electron chi connectivity index (χ3n) is 2.48. The fourth-order valence-corrected chi connectivity index (χ4v) is 2.05. The van der Waals surface area contributed by atoms with Gasteiger partial charge in [0.1, 0.15) is 0 Å². The molecule has 0 bridgehead atoms. The number of hydrogen-bond acceptors (Lipinski definition) is 3. The molecule has 96 valence electrons. The van der Waals surface area contributed by atoms with E-state index in [1.54, 1.807) is 12.1 Å². The lowest BCUT2D eigenvalue weighted by atomic mass is 10.1. The standard InChI is InChI=1S/C12H17Cl2NO2/c13-11-3-1-10(2-4-11)12(14)9-15(5-7-16)6-8-17/h1-4,12,16-17H,5-9H2. The molecule has 2 N–H and O–H groups in total. The van der Waals surface area contributed by atoms with Gasteiger partial charge >= 0.3 is 0 Å². The minimum Gasteiger partial charge on any atom is -0.395 e. The quantitative estimate of drug-likeness (QED) is 0.749. The normalized spacial score (nSPS) is 13.0. The van der Waals surface area contributed by atoms with E-state index < -0.39 is 0 Å². The van der Waals surface area contributed by atoms with Crippen LogP contribution >= 0.6 is 23.2 Å². The van der Waals surface area contributed by atoms with Crippen molar-refractivity contribution in [2.45, 2.75) is 5.38 Å². The van der Waals surface area contributed by atoms with E-state index >= 15 is 0 Å². The van der Waals surface area contributed by atoms with Gasteiger partial charge in [-0.15, -0.1) is 11.6 Å². The molecule has 17 heavy (non-hydrogen) atoms. The summed E-state index contributed by atoms with van der Waals surface area (Å²) in [6.45, 7) is 1.73. The zero-order valence-electron chi connectivity index (χ0n) is 9.52. The Bertz CT molecular complexity index is 313. The number of aliphatic hydroxyl groups excluding tert-OH is 2. The number of aliphatic hydroxyl groups is 2. The lowest BCUT2D eigenvalue weighted by Crippen LogP contribution is -2.32. The predicted octanol–water partition coefficient (Wildman–Crippen LogP) is 1.91. The zero-order chi connectivity index (χ0) is 12.7. The van der Waals surface area contributed by atoms with E-state index in [1.807, 2.05) is 17.0 Å². The third kappa shape index (κ3) is 5.23. The van der Waals surface area contributed by atoms with Crippen LogP contribution in [-0.4, -0.2) is 48.0 Å². The first-order chi connectivity index (χ1) is 8.17. The van der Waals surface area contributed by atoms with E-state index in [2.05, 4.69) is 0 Å². The van der Waals surface area contributed by atoms with Crippen LogP contribution in [0.1, 0.15) is 10.9 Å². The Morgan fingerprint density at radius 3 is 2.06 bits per heavy atom. The highest BCUT2D eigenvalue weighted by atomic mass is 35.5. The number of rotatable bonds is 7. The van der Waals surface area contributed by atoms with Gasteiger partial charge in [0.15, 0.2) is 0 Å². The van der Waals surface area contributed by atoms with Crippen molar-refractivity contribution in [2.24, 2.45) is 0 Å². The van der Waals surface area contributed by atoms with E-state index in [-0.39, 0.29) is 18.6 Å². The zero-order valence-corrected chi connectivity index (χ0v) is 11.0. The number of alkyl halides is 1. The molecule has 0 saturated heterocycles. The molecule has 0 saturated carbocycles. The van der Waals surface area contributed by atoms with Gasteiger partial charge in [0.05, 0.1) is 18.6 Å². The number of nitrogens with zero attached hydrogens (tertiary/aromatic N) is 1. The summed E-state index contributed by atoms with van der Waals surface area (Å²) in [5.74, 6) is 0. The van der Waals surface area contributed by atoms with E-state index in [0.717, 1.165) is 5.56 Å². The average molecular weight is 278 g/mol. The van der Waals surface area contributed by atoms with Gasteiger partial charge < -0.3 is 10.2 Å². The molecule has 1 rings (SSSR count). The molecule has 0 radical (unpaired) electrons. The second-order valence-electron chi connectivity index (χ2n) is 3.77. The largest absolute Gasteiger partial charge is 0.395 e.